The van der Waals surface area contributed by atoms with Crippen molar-refractivity contribution in [3.05, 3.63) is 58.1 Å². The monoisotopic (exact) mass is 444 g/mol. The third kappa shape index (κ3) is 6.58. The highest BCUT2D eigenvalue weighted by atomic mass is 35.5. The number of nitrogens with zero attached hydrogens (tertiary/aromatic N) is 1. The van der Waals surface area contributed by atoms with Gasteiger partial charge in [0, 0.05) is 35.6 Å². The molecule has 6 nitrogen and oxygen atoms in total. The van der Waals surface area contributed by atoms with E-state index in [0.29, 0.717) is 27.9 Å². The zero-order chi connectivity index (χ0) is 20.7. The van der Waals surface area contributed by atoms with Gasteiger partial charge >= 0.3 is 0 Å². The van der Waals surface area contributed by atoms with Gasteiger partial charge in [-0.15, -0.1) is 0 Å². The Hall–Kier alpha value is -1.96. The number of ether oxygens (including phenoxy) is 1. The Morgan fingerprint density at radius 2 is 1.93 bits per heavy atom. The number of hydrogen-bond acceptors (Lipinski definition) is 4. The summed E-state index contributed by atoms with van der Waals surface area (Å²) in [6.45, 7) is 0.460. The molecule has 0 radical (unpaired) electrons. The first-order valence-corrected chi connectivity index (χ1v) is 11.1. The van der Waals surface area contributed by atoms with Crippen LogP contribution in [0.2, 0.25) is 10.0 Å². The minimum absolute atomic E-state index is 0.182. The highest BCUT2D eigenvalue weighted by Crippen LogP contribution is 2.24. The molecule has 1 N–H and O–H groups in total. The summed E-state index contributed by atoms with van der Waals surface area (Å²) in [5.74, 6) is 0.369. The van der Waals surface area contributed by atoms with Crippen LogP contribution in [0, 0.1) is 0 Å². The molecule has 0 atom stereocenters. The maximum atomic E-state index is 12.1. The van der Waals surface area contributed by atoms with E-state index in [2.05, 4.69) is 5.32 Å². The van der Waals surface area contributed by atoms with Gasteiger partial charge < -0.3 is 10.1 Å². The molecule has 2 aromatic carbocycles. The van der Waals surface area contributed by atoms with E-state index in [4.69, 9.17) is 27.9 Å². The first-order chi connectivity index (χ1) is 13.2. The summed E-state index contributed by atoms with van der Waals surface area (Å²) in [5, 5.41) is 3.78. The van der Waals surface area contributed by atoms with Gasteiger partial charge in [0.05, 0.1) is 19.1 Å². The second kappa shape index (κ2) is 10.0. The average Bonchev–Trinajstić information content (AvgIpc) is 2.63. The number of nitrogens with one attached hydrogen (secondary N) is 1. The Morgan fingerprint density at radius 1 is 1.18 bits per heavy atom. The molecule has 0 bridgehead atoms. The van der Waals surface area contributed by atoms with Gasteiger partial charge in [-0.25, -0.2) is 8.42 Å². The molecule has 28 heavy (non-hydrogen) atoms. The second-order valence-corrected chi connectivity index (χ2v) is 8.90. The Balaban J connectivity index is 1.92. The molecular formula is C19H22Cl2N2O4S. The number of hydrogen-bond donors (Lipinski definition) is 1. The summed E-state index contributed by atoms with van der Waals surface area (Å²) in [6, 6.07) is 11.8. The maximum absolute atomic E-state index is 12.1. The molecule has 0 spiro atoms. The van der Waals surface area contributed by atoms with Crippen molar-refractivity contribution < 1.29 is 17.9 Å². The van der Waals surface area contributed by atoms with Crippen LogP contribution in [0.3, 0.4) is 0 Å². The van der Waals surface area contributed by atoms with Gasteiger partial charge in [-0.05, 0) is 36.2 Å². The molecule has 0 saturated carbocycles. The fourth-order valence-electron chi connectivity index (χ4n) is 2.58. The first kappa shape index (κ1) is 22.3. The van der Waals surface area contributed by atoms with Gasteiger partial charge in [-0.1, -0.05) is 35.3 Å². The lowest BCUT2D eigenvalue weighted by molar-refractivity contribution is -0.121. The minimum Gasteiger partial charge on any atom is -0.497 e. The third-order valence-electron chi connectivity index (χ3n) is 4.00. The average molecular weight is 445 g/mol. The van der Waals surface area contributed by atoms with Crippen LogP contribution in [0.25, 0.3) is 0 Å². The summed E-state index contributed by atoms with van der Waals surface area (Å²) < 4.78 is 30.7. The Bertz CT molecular complexity index is 935. The Morgan fingerprint density at radius 3 is 2.57 bits per heavy atom. The lowest BCUT2D eigenvalue weighted by Crippen LogP contribution is -2.32. The molecule has 0 saturated heterocycles. The SMILES string of the molecule is COc1cccc(N(CCCC(=O)NCc2ccc(Cl)cc2Cl)S(C)(=O)=O)c1. The fourth-order valence-corrected chi connectivity index (χ4v) is 4.02. The van der Waals surface area contributed by atoms with Gasteiger partial charge in [0.1, 0.15) is 5.75 Å². The number of sulfonamides is 1. The minimum atomic E-state index is -3.49. The van der Waals surface area contributed by atoms with Crippen molar-refractivity contribution in [2.24, 2.45) is 0 Å². The second-order valence-electron chi connectivity index (χ2n) is 6.15. The zero-order valence-corrected chi connectivity index (χ0v) is 17.9. The molecule has 0 heterocycles. The number of benzene rings is 2. The van der Waals surface area contributed by atoms with E-state index < -0.39 is 10.0 Å². The number of methoxy groups -OCH3 is 1. The number of rotatable bonds is 9. The molecule has 0 aliphatic carbocycles. The van der Waals surface area contributed by atoms with E-state index in [-0.39, 0.29) is 25.4 Å². The maximum Gasteiger partial charge on any atom is 0.232 e. The van der Waals surface area contributed by atoms with Crippen LogP contribution in [0.1, 0.15) is 18.4 Å². The third-order valence-corrected chi connectivity index (χ3v) is 5.78. The van der Waals surface area contributed by atoms with Crippen LogP contribution in [0.15, 0.2) is 42.5 Å². The zero-order valence-electron chi connectivity index (χ0n) is 15.6. The predicted octanol–water partition coefficient (Wildman–Crippen LogP) is 3.86. The van der Waals surface area contributed by atoms with Crippen molar-refractivity contribution >= 4 is 44.8 Å². The van der Waals surface area contributed by atoms with Gasteiger partial charge in [-0.2, -0.15) is 0 Å². The van der Waals surface area contributed by atoms with Gasteiger partial charge in [-0.3, -0.25) is 9.10 Å². The number of carbonyl (C=O) groups excluding carboxylic acids is 1. The van der Waals surface area contributed by atoms with E-state index >= 15 is 0 Å². The van der Waals surface area contributed by atoms with E-state index in [0.717, 1.165) is 11.8 Å². The molecular weight excluding hydrogens is 423 g/mol. The lowest BCUT2D eigenvalue weighted by Gasteiger charge is -2.22. The molecule has 0 aliphatic rings. The van der Waals surface area contributed by atoms with Crippen LogP contribution >= 0.6 is 23.2 Å². The van der Waals surface area contributed by atoms with Crippen LogP contribution in [-0.2, 0) is 21.4 Å². The van der Waals surface area contributed by atoms with Crippen LogP contribution in [-0.4, -0.2) is 34.2 Å². The molecule has 0 unspecified atom stereocenters. The molecule has 1 amide bonds. The van der Waals surface area contributed by atoms with Crippen molar-refractivity contribution in [3.8, 4) is 5.75 Å². The first-order valence-electron chi connectivity index (χ1n) is 8.53. The van der Waals surface area contributed by atoms with Crippen LogP contribution in [0.5, 0.6) is 5.75 Å². The highest BCUT2D eigenvalue weighted by Gasteiger charge is 2.18. The predicted molar refractivity (Wildman–Crippen MR) is 113 cm³/mol. The summed E-state index contributed by atoms with van der Waals surface area (Å²) in [5.41, 5.74) is 1.25. The fraction of sp³-hybridized carbons (Fsp3) is 0.316. The highest BCUT2D eigenvalue weighted by molar-refractivity contribution is 7.92. The van der Waals surface area contributed by atoms with Gasteiger partial charge in [0.15, 0.2) is 0 Å². The molecule has 0 fully saturated rings. The number of halogens is 2. The summed E-state index contributed by atoms with van der Waals surface area (Å²) in [6.07, 6.45) is 1.68. The topological polar surface area (TPSA) is 75.7 Å². The molecule has 152 valence electrons. The number of amides is 1. The van der Waals surface area contributed by atoms with Crippen LogP contribution in [0.4, 0.5) is 5.69 Å². The van der Waals surface area contributed by atoms with E-state index in [1.54, 1.807) is 42.5 Å². The van der Waals surface area contributed by atoms with Gasteiger partial charge in [0.25, 0.3) is 0 Å². The van der Waals surface area contributed by atoms with Crippen LogP contribution < -0.4 is 14.4 Å². The van der Waals surface area contributed by atoms with E-state index in [9.17, 15) is 13.2 Å². The van der Waals surface area contributed by atoms with E-state index in [1.807, 2.05) is 0 Å². The molecule has 2 rings (SSSR count). The summed E-state index contributed by atoms with van der Waals surface area (Å²) in [7, 11) is -1.97. The summed E-state index contributed by atoms with van der Waals surface area (Å²) >= 11 is 11.9. The van der Waals surface area contributed by atoms with Gasteiger partial charge in [0.2, 0.25) is 15.9 Å². The summed E-state index contributed by atoms with van der Waals surface area (Å²) in [4.78, 5) is 12.1. The molecule has 9 heteroatoms. The Kier molecular flexibility index (Phi) is 7.98. The number of carbonyl (C=O) groups is 1. The van der Waals surface area contributed by atoms with Crippen molar-refractivity contribution in [3.63, 3.8) is 0 Å². The smallest absolute Gasteiger partial charge is 0.232 e. The number of anilines is 1. The lowest BCUT2D eigenvalue weighted by atomic mass is 10.2. The molecule has 2 aromatic rings. The molecule has 0 aliphatic heterocycles. The van der Waals surface area contributed by atoms with Crippen molar-refractivity contribution in [2.75, 3.05) is 24.2 Å². The van der Waals surface area contributed by atoms with E-state index in [1.165, 1.54) is 11.4 Å². The standard InChI is InChI=1S/C19H22Cl2N2O4S/c1-27-17-6-3-5-16(12-17)23(28(2,25)26)10-4-7-19(24)22-13-14-8-9-15(20)11-18(14)21/h3,5-6,8-9,11-12H,4,7,10,13H2,1-2H3,(H,22,24). The molecule has 0 aromatic heterocycles. The quantitative estimate of drug-likeness (QED) is 0.636. The Labute approximate surface area is 175 Å². The van der Waals surface area contributed by atoms with Crippen molar-refractivity contribution in [2.45, 2.75) is 19.4 Å². The van der Waals surface area contributed by atoms with Crippen molar-refractivity contribution in [1.82, 2.24) is 5.32 Å². The van der Waals surface area contributed by atoms with Crippen molar-refractivity contribution in [1.29, 1.82) is 0 Å². The normalized spacial score (nSPS) is 11.1. The largest absolute Gasteiger partial charge is 0.497 e.